The third-order valence-corrected chi connectivity index (χ3v) is 5.88. The average Bonchev–Trinajstić information content (AvgIpc) is 3.08. The molecule has 0 bridgehead atoms. The first kappa shape index (κ1) is 14.7. The molecule has 1 amide bonds. The topological polar surface area (TPSA) is 43.1 Å². The molecule has 2 aromatic carbocycles. The number of benzene rings is 2. The van der Waals surface area contributed by atoms with E-state index < -0.39 is 5.91 Å². The fourth-order valence-electron chi connectivity index (χ4n) is 3.54. The zero-order valence-electron chi connectivity index (χ0n) is 12.1. The molecular weight excluding hydrogens is 333 g/mol. The Bertz CT molecular complexity index is 950. The molecule has 2 nitrogen and oxygen atoms in total. The van der Waals surface area contributed by atoms with E-state index in [1.54, 1.807) is 0 Å². The van der Waals surface area contributed by atoms with E-state index in [9.17, 15) is 9.18 Å². The SMILES string of the molecule is NC(=O)c1sc2ccccc2c1[C@@H]1CCc2c(F)cc(Cl)cc21. The van der Waals surface area contributed by atoms with Crippen molar-refractivity contribution in [1.82, 2.24) is 0 Å². The molecule has 4 rings (SSSR count). The summed E-state index contributed by atoms with van der Waals surface area (Å²) >= 11 is 7.45. The lowest BCUT2D eigenvalue weighted by Crippen LogP contribution is -2.13. The Morgan fingerprint density at radius 3 is 2.87 bits per heavy atom. The highest BCUT2D eigenvalue weighted by atomic mass is 35.5. The monoisotopic (exact) mass is 345 g/mol. The van der Waals surface area contributed by atoms with Gasteiger partial charge in [-0.15, -0.1) is 11.3 Å². The molecule has 0 unspecified atom stereocenters. The maximum Gasteiger partial charge on any atom is 0.259 e. The van der Waals surface area contributed by atoms with Gasteiger partial charge >= 0.3 is 0 Å². The van der Waals surface area contributed by atoms with E-state index in [2.05, 4.69) is 0 Å². The summed E-state index contributed by atoms with van der Waals surface area (Å²) in [4.78, 5) is 12.5. The predicted octanol–water partition coefficient (Wildman–Crippen LogP) is 4.87. The van der Waals surface area contributed by atoms with Gasteiger partial charge in [-0.05, 0) is 53.1 Å². The molecular formula is C18H13ClFNOS. The number of primary amides is 1. The van der Waals surface area contributed by atoms with E-state index >= 15 is 0 Å². The smallest absolute Gasteiger partial charge is 0.259 e. The van der Waals surface area contributed by atoms with Gasteiger partial charge in [-0.1, -0.05) is 29.8 Å². The number of nitrogens with two attached hydrogens (primary N) is 1. The van der Waals surface area contributed by atoms with Crippen LogP contribution in [0.3, 0.4) is 0 Å². The van der Waals surface area contributed by atoms with Gasteiger partial charge in [0.25, 0.3) is 5.91 Å². The van der Waals surface area contributed by atoms with Crippen molar-refractivity contribution in [3.05, 3.63) is 68.8 Å². The van der Waals surface area contributed by atoms with Crippen LogP contribution in [0.2, 0.25) is 5.02 Å². The van der Waals surface area contributed by atoms with Crippen molar-refractivity contribution in [2.75, 3.05) is 0 Å². The van der Waals surface area contributed by atoms with Crippen LogP contribution in [-0.2, 0) is 6.42 Å². The van der Waals surface area contributed by atoms with Crippen molar-refractivity contribution < 1.29 is 9.18 Å². The molecule has 0 aliphatic heterocycles. The summed E-state index contributed by atoms with van der Waals surface area (Å²) in [6.07, 6.45) is 1.40. The third-order valence-electron chi connectivity index (χ3n) is 4.46. The van der Waals surface area contributed by atoms with E-state index in [0.29, 0.717) is 21.9 Å². The van der Waals surface area contributed by atoms with E-state index in [1.807, 2.05) is 30.3 Å². The number of carbonyl (C=O) groups is 1. The lowest BCUT2D eigenvalue weighted by molar-refractivity contribution is 0.100. The van der Waals surface area contributed by atoms with Crippen LogP contribution in [-0.4, -0.2) is 5.91 Å². The maximum atomic E-state index is 14.2. The van der Waals surface area contributed by atoms with Gasteiger partial charge in [-0.3, -0.25) is 4.79 Å². The zero-order chi connectivity index (χ0) is 16.1. The Kier molecular flexibility index (Phi) is 3.39. The molecule has 0 saturated carbocycles. The van der Waals surface area contributed by atoms with Crippen LogP contribution in [0.15, 0.2) is 36.4 Å². The number of hydrogen-bond acceptors (Lipinski definition) is 2. The van der Waals surface area contributed by atoms with Crippen molar-refractivity contribution in [1.29, 1.82) is 0 Å². The fraction of sp³-hybridized carbons (Fsp3) is 0.167. The molecule has 116 valence electrons. The first-order chi connectivity index (χ1) is 11.1. The molecule has 3 aromatic rings. The van der Waals surface area contributed by atoms with Gasteiger partial charge in [0.05, 0.1) is 4.88 Å². The minimum absolute atomic E-state index is 0.0446. The van der Waals surface area contributed by atoms with Crippen molar-refractivity contribution in [3.63, 3.8) is 0 Å². The standard InChI is InChI=1S/C18H13ClFNOS/c19-9-7-13-10(14(20)8-9)5-6-11(13)16-12-3-1-2-4-15(12)23-17(16)18(21)22/h1-4,7-8,11H,5-6H2,(H2,21,22)/t11-/m1/s1. The summed E-state index contributed by atoms with van der Waals surface area (Å²) in [5.41, 5.74) is 8.09. The number of thiophene rings is 1. The Morgan fingerprint density at radius 1 is 1.30 bits per heavy atom. The average molecular weight is 346 g/mol. The van der Waals surface area contributed by atoms with Crippen LogP contribution in [0.1, 0.15) is 38.7 Å². The fourth-order valence-corrected chi connectivity index (χ4v) is 4.87. The minimum Gasteiger partial charge on any atom is -0.365 e. The van der Waals surface area contributed by atoms with Gasteiger partial charge in [0.1, 0.15) is 5.82 Å². The maximum absolute atomic E-state index is 14.2. The number of fused-ring (bicyclic) bond motifs is 2. The van der Waals surface area contributed by atoms with Crippen LogP contribution < -0.4 is 5.73 Å². The number of rotatable bonds is 2. The number of amides is 1. The minimum atomic E-state index is -0.433. The van der Waals surface area contributed by atoms with Gasteiger partial charge in [0, 0.05) is 15.6 Å². The molecule has 0 radical (unpaired) electrons. The van der Waals surface area contributed by atoms with E-state index in [-0.39, 0.29) is 11.7 Å². The van der Waals surface area contributed by atoms with E-state index in [1.165, 1.54) is 17.4 Å². The van der Waals surface area contributed by atoms with Gasteiger partial charge in [-0.25, -0.2) is 4.39 Å². The highest BCUT2D eigenvalue weighted by Gasteiger charge is 2.32. The third kappa shape index (κ3) is 2.25. The Morgan fingerprint density at radius 2 is 2.09 bits per heavy atom. The normalized spacial score (nSPS) is 16.7. The second kappa shape index (κ2) is 5.32. The lowest BCUT2D eigenvalue weighted by Gasteiger charge is -2.14. The molecule has 0 spiro atoms. The van der Waals surface area contributed by atoms with E-state index in [4.69, 9.17) is 17.3 Å². The quantitative estimate of drug-likeness (QED) is 0.707. The first-order valence-corrected chi connectivity index (χ1v) is 8.54. The molecule has 23 heavy (non-hydrogen) atoms. The van der Waals surface area contributed by atoms with Crippen molar-refractivity contribution in [2.24, 2.45) is 5.73 Å². The Balaban J connectivity index is 1.99. The summed E-state index contributed by atoms with van der Waals surface area (Å²) in [7, 11) is 0. The second-order valence-electron chi connectivity index (χ2n) is 5.75. The van der Waals surface area contributed by atoms with E-state index in [0.717, 1.165) is 27.6 Å². The summed E-state index contributed by atoms with van der Waals surface area (Å²) in [5, 5.41) is 1.40. The number of hydrogen-bond donors (Lipinski definition) is 1. The van der Waals surface area contributed by atoms with Gasteiger partial charge in [-0.2, -0.15) is 0 Å². The lowest BCUT2D eigenvalue weighted by atomic mass is 9.90. The van der Waals surface area contributed by atoms with Crippen molar-refractivity contribution >= 4 is 38.9 Å². The highest BCUT2D eigenvalue weighted by Crippen LogP contribution is 2.46. The molecule has 1 atom stereocenters. The molecule has 1 aliphatic carbocycles. The summed E-state index contributed by atoms with van der Waals surface area (Å²) < 4.78 is 15.2. The summed E-state index contributed by atoms with van der Waals surface area (Å²) in [5.74, 6) is -0.746. The number of carbonyl (C=O) groups excluding carboxylic acids is 1. The molecule has 1 heterocycles. The van der Waals surface area contributed by atoms with Crippen molar-refractivity contribution in [3.8, 4) is 0 Å². The first-order valence-electron chi connectivity index (χ1n) is 7.35. The molecule has 0 saturated heterocycles. The number of halogens is 2. The van der Waals surface area contributed by atoms with Gasteiger partial charge in [0.2, 0.25) is 0 Å². The highest BCUT2D eigenvalue weighted by molar-refractivity contribution is 7.21. The van der Waals surface area contributed by atoms with Crippen LogP contribution in [0.4, 0.5) is 4.39 Å². The van der Waals surface area contributed by atoms with Crippen LogP contribution in [0.5, 0.6) is 0 Å². The largest absolute Gasteiger partial charge is 0.365 e. The molecule has 5 heteroatoms. The zero-order valence-corrected chi connectivity index (χ0v) is 13.7. The molecule has 0 fully saturated rings. The van der Waals surface area contributed by atoms with Gasteiger partial charge in [0.15, 0.2) is 0 Å². The van der Waals surface area contributed by atoms with Crippen LogP contribution in [0.25, 0.3) is 10.1 Å². The molecule has 1 aromatic heterocycles. The van der Waals surface area contributed by atoms with Gasteiger partial charge < -0.3 is 5.73 Å². The molecule has 2 N–H and O–H groups in total. The summed E-state index contributed by atoms with van der Waals surface area (Å²) in [6.45, 7) is 0. The van der Waals surface area contributed by atoms with Crippen LogP contribution in [0, 0.1) is 5.82 Å². The predicted molar refractivity (Wildman–Crippen MR) is 91.9 cm³/mol. The van der Waals surface area contributed by atoms with Crippen LogP contribution >= 0.6 is 22.9 Å². The molecule has 1 aliphatic rings. The Labute approximate surface area is 141 Å². The second-order valence-corrected chi connectivity index (χ2v) is 7.24. The summed E-state index contributed by atoms with van der Waals surface area (Å²) in [6, 6.07) is 11.0. The van der Waals surface area contributed by atoms with Crippen molar-refractivity contribution in [2.45, 2.75) is 18.8 Å². The Hall–Kier alpha value is -1.91.